The van der Waals surface area contributed by atoms with E-state index in [0.29, 0.717) is 5.92 Å². The third kappa shape index (κ3) is 3.47. The minimum Gasteiger partial charge on any atom is -0.468 e. The second-order valence-corrected chi connectivity index (χ2v) is 4.79. The second kappa shape index (κ2) is 6.41. The van der Waals surface area contributed by atoms with E-state index in [9.17, 15) is 0 Å². The molecular weight excluding hydrogens is 222 g/mol. The van der Waals surface area contributed by atoms with Crippen molar-refractivity contribution in [2.75, 3.05) is 6.54 Å². The van der Waals surface area contributed by atoms with Crippen LogP contribution < -0.4 is 5.32 Å². The molecule has 0 aliphatic rings. The van der Waals surface area contributed by atoms with Gasteiger partial charge in [0, 0.05) is 0 Å². The topological polar surface area (TPSA) is 25.2 Å². The van der Waals surface area contributed by atoms with Gasteiger partial charge in [0.25, 0.3) is 0 Å². The normalized spacial score (nSPS) is 14.3. The molecule has 1 aromatic carbocycles. The summed E-state index contributed by atoms with van der Waals surface area (Å²) in [6.07, 6.45) is 2.86. The summed E-state index contributed by atoms with van der Waals surface area (Å²) >= 11 is 0. The summed E-state index contributed by atoms with van der Waals surface area (Å²) < 4.78 is 5.37. The maximum Gasteiger partial charge on any atom is 0.120 e. The van der Waals surface area contributed by atoms with Crippen LogP contribution in [0, 0.1) is 0 Å². The monoisotopic (exact) mass is 243 g/mol. The van der Waals surface area contributed by atoms with Gasteiger partial charge in [-0.3, -0.25) is 0 Å². The molecular formula is C16H21NO. The molecule has 0 amide bonds. The van der Waals surface area contributed by atoms with Gasteiger partial charge < -0.3 is 9.73 Å². The zero-order chi connectivity index (χ0) is 12.8. The Morgan fingerprint density at radius 2 is 1.83 bits per heavy atom. The number of hydrogen-bond acceptors (Lipinski definition) is 2. The van der Waals surface area contributed by atoms with Crippen LogP contribution in [0.25, 0.3) is 0 Å². The zero-order valence-corrected chi connectivity index (χ0v) is 11.1. The van der Waals surface area contributed by atoms with E-state index >= 15 is 0 Å². The molecule has 1 heterocycles. The van der Waals surface area contributed by atoms with Crippen molar-refractivity contribution in [3.05, 3.63) is 60.1 Å². The van der Waals surface area contributed by atoms with Crippen LogP contribution >= 0.6 is 0 Å². The highest BCUT2D eigenvalue weighted by atomic mass is 16.3. The number of hydrogen-bond donors (Lipinski definition) is 1. The van der Waals surface area contributed by atoms with Crippen LogP contribution in [0.4, 0.5) is 0 Å². The third-order valence-corrected chi connectivity index (χ3v) is 3.37. The second-order valence-electron chi connectivity index (χ2n) is 4.79. The lowest BCUT2D eigenvalue weighted by Crippen LogP contribution is -2.20. The van der Waals surface area contributed by atoms with E-state index in [0.717, 1.165) is 18.7 Å². The predicted molar refractivity (Wildman–Crippen MR) is 74.6 cm³/mol. The highest BCUT2D eigenvalue weighted by molar-refractivity contribution is 5.18. The molecule has 1 unspecified atom stereocenters. The minimum atomic E-state index is 0.281. The standard InChI is InChI=1S/C16H21NO/c1-13(15-7-4-3-5-8-15)10-11-17-14(2)16-9-6-12-18-16/h3-9,12-14,17H,10-11H2,1-2H3/t13?,14-/m1/s1. The molecule has 96 valence electrons. The molecule has 0 aliphatic carbocycles. The molecule has 1 aromatic heterocycles. The van der Waals surface area contributed by atoms with Crippen LogP contribution in [0.3, 0.4) is 0 Å². The van der Waals surface area contributed by atoms with Crippen molar-refractivity contribution in [1.82, 2.24) is 5.32 Å². The summed E-state index contributed by atoms with van der Waals surface area (Å²) in [5.74, 6) is 1.59. The van der Waals surface area contributed by atoms with E-state index in [1.807, 2.05) is 12.1 Å². The first-order valence-corrected chi connectivity index (χ1v) is 6.59. The van der Waals surface area contributed by atoms with Gasteiger partial charge in [0.1, 0.15) is 5.76 Å². The van der Waals surface area contributed by atoms with Gasteiger partial charge in [0.2, 0.25) is 0 Å². The first-order valence-electron chi connectivity index (χ1n) is 6.59. The molecule has 0 radical (unpaired) electrons. The van der Waals surface area contributed by atoms with Crippen LogP contribution in [-0.2, 0) is 0 Å². The van der Waals surface area contributed by atoms with Gasteiger partial charge in [0.15, 0.2) is 0 Å². The number of furan rings is 1. The Bertz CT molecular complexity index is 435. The first kappa shape index (κ1) is 12.9. The Morgan fingerprint density at radius 3 is 2.50 bits per heavy atom. The van der Waals surface area contributed by atoms with Gasteiger partial charge in [-0.15, -0.1) is 0 Å². The fraction of sp³-hybridized carbons (Fsp3) is 0.375. The van der Waals surface area contributed by atoms with Crippen LogP contribution in [0.5, 0.6) is 0 Å². The molecule has 2 atom stereocenters. The molecule has 0 saturated heterocycles. The van der Waals surface area contributed by atoms with Crippen molar-refractivity contribution in [3.8, 4) is 0 Å². The van der Waals surface area contributed by atoms with Crippen molar-refractivity contribution in [1.29, 1.82) is 0 Å². The van der Waals surface area contributed by atoms with Gasteiger partial charge in [0.05, 0.1) is 12.3 Å². The van der Waals surface area contributed by atoms with Gasteiger partial charge in [-0.25, -0.2) is 0 Å². The summed E-state index contributed by atoms with van der Waals surface area (Å²) in [5, 5.41) is 3.49. The lowest BCUT2D eigenvalue weighted by atomic mass is 9.98. The van der Waals surface area contributed by atoms with Crippen molar-refractivity contribution in [2.45, 2.75) is 32.2 Å². The molecule has 0 fully saturated rings. The van der Waals surface area contributed by atoms with Gasteiger partial charge in [-0.05, 0) is 43.5 Å². The Morgan fingerprint density at radius 1 is 1.06 bits per heavy atom. The molecule has 2 nitrogen and oxygen atoms in total. The molecule has 18 heavy (non-hydrogen) atoms. The molecule has 0 aliphatic heterocycles. The third-order valence-electron chi connectivity index (χ3n) is 3.37. The Labute approximate surface area is 109 Å². The van der Waals surface area contributed by atoms with E-state index < -0.39 is 0 Å². The number of nitrogens with one attached hydrogen (secondary N) is 1. The molecule has 2 heteroatoms. The van der Waals surface area contributed by atoms with Crippen molar-refractivity contribution < 1.29 is 4.42 Å². The largest absolute Gasteiger partial charge is 0.468 e. The van der Waals surface area contributed by atoms with Gasteiger partial charge >= 0.3 is 0 Å². The molecule has 0 saturated carbocycles. The zero-order valence-electron chi connectivity index (χ0n) is 11.1. The number of rotatable bonds is 6. The average molecular weight is 243 g/mol. The Kier molecular flexibility index (Phi) is 4.59. The summed E-state index contributed by atoms with van der Waals surface area (Å²) in [4.78, 5) is 0. The van der Waals surface area contributed by atoms with Crippen molar-refractivity contribution >= 4 is 0 Å². The highest BCUT2D eigenvalue weighted by Gasteiger charge is 2.09. The van der Waals surface area contributed by atoms with Crippen LogP contribution in [0.1, 0.15) is 43.6 Å². The van der Waals surface area contributed by atoms with Crippen molar-refractivity contribution in [2.24, 2.45) is 0 Å². The number of benzene rings is 1. The summed E-state index contributed by atoms with van der Waals surface area (Å²) in [6, 6.07) is 14.9. The smallest absolute Gasteiger partial charge is 0.120 e. The van der Waals surface area contributed by atoms with Gasteiger partial charge in [-0.1, -0.05) is 37.3 Å². The molecule has 0 bridgehead atoms. The quantitative estimate of drug-likeness (QED) is 0.825. The summed E-state index contributed by atoms with van der Waals surface area (Å²) in [7, 11) is 0. The lowest BCUT2D eigenvalue weighted by Gasteiger charge is -2.15. The fourth-order valence-corrected chi connectivity index (χ4v) is 2.10. The van der Waals surface area contributed by atoms with E-state index in [-0.39, 0.29) is 6.04 Å². The van der Waals surface area contributed by atoms with Crippen LogP contribution in [0.2, 0.25) is 0 Å². The van der Waals surface area contributed by atoms with E-state index in [1.165, 1.54) is 5.56 Å². The molecule has 2 aromatic rings. The van der Waals surface area contributed by atoms with Crippen molar-refractivity contribution in [3.63, 3.8) is 0 Å². The maximum atomic E-state index is 5.37. The van der Waals surface area contributed by atoms with Gasteiger partial charge in [-0.2, -0.15) is 0 Å². The van der Waals surface area contributed by atoms with E-state index in [1.54, 1.807) is 6.26 Å². The Balaban J connectivity index is 1.76. The van der Waals surface area contributed by atoms with Crippen LogP contribution in [-0.4, -0.2) is 6.54 Å². The highest BCUT2D eigenvalue weighted by Crippen LogP contribution is 2.18. The molecule has 1 N–H and O–H groups in total. The van der Waals surface area contributed by atoms with Crippen LogP contribution in [0.15, 0.2) is 53.1 Å². The Hall–Kier alpha value is -1.54. The maximum absolute atomic E-state index is 5.37. The predicted octanol–water partition coefficient (Wildman–Crippen LogP) is 4.12. The minimum absolute atomic E-state index is 0.281. The average Bonchev–Trinajstić information content (AvgIpc) is 2.93. The molecule has 2 rings (SSSR count). The van der Waals surface area contributed by atoms with E-state index in [4.69, 9.17) is 4.42 Å². The summed E-state index contributed by atoms with van der Waals surface area (Å²) in [6.45, 7) is 5.40. The first-order chi connectivity index (χ1) is 8.77. The van der Waals surface area contributed by atoms with E-state index in [2.05, 4.69) is 49.5 Å². The SMILES string of the molecule is CC(CCN[C@H](C)c1ccco1)c1ccccc1. The summed E-state index contributed by atoms with van der Waals surface area (Å²) in [5.41, 5.74) is 1.41. The molecule has 0 spiro atoms. The fourth-order valence-electron chi connectivity index (χ4n) is 2.10. The lowest BCUT2D eigenvalue weighted by molar-refractivity contribution is 0.424.